The number of para-hydroxylation sites is 3. The highest BCUT2D eigenvalue weighted by atomic mass is 15.0. The second-order valence-electron chi connectivity index (χ2n) is 14.4. The van der Waals surface area contributed by atoms with Crippen LogP contribution in [0.4, 0.5) is 0 Å². The van der Waals surface area contributed by atoms with Crippen molar-refractivity contribution in [1.82, 2.24) is 9.13 Å². The van der Waals surface area contributed by atoms with Gasteiger partial charge in [0.25, 0.3) is 0 Å². The van der Waals surface area contributed by atoms with Gasteiger partial charge in [-0.2, -0.15) is 0 Å². The van der Waals surface area contributed by atoms with Crippen molar-refractivity contribution in [3.63, 3.8) is 0 Å². The van der Waals surface area contributed by atoms with Gasteiger partial charge >= 0.3 is 0 Å². The first-order chi connectivity index (χ1) is 26.8. The lowest BCUT2D eigenvalue weighted by Gasteiger charge is -2.15. The molecule has 0 amide bonds. The molecule has 2 heteroatoms. The van der Waals surface area contributed by atoms with Gasteiger partial charge in [0.1, 0.15) is 0 Å². The minimum absolute atomic E-state index is 1.14. The highest BCUT2D eigenvalue weighted by Gasteiger charge is 2.22. The monoisotopic (exact) mass is 692 g/mol. The van der Waals surface area contributed by atoms with E-state index in [9.17, 15) is 0 Å². The fourth-order valence-corrected chi connectivity index (χ4v) is 8.49. The van der Waals surface area contributed by atoms with Gasteiger partial charge in [0.15, 0.2) is 0 Å². The lowest BCUT2D eigenvalue weighted by molar-refractivity contribution is 0.795. The van der Waals surface area contributed by atoms with Crippen LogP contribution in [0.2, 0.25) is 0 Å². The fraction of sp³-hybridized carbons (Fsp3) is 0.0769. The van der Waals surface area contributed by atoms with Gasteiger partial charge in [0.2, 0.25) is 0 Å². The molecule has 0 radical (unpaired) electrons. The summed E-state index contributed by atoms with van der Waals surface area (Å²) in [7, 11) is 0. The lowest BCUT2D eigenvalue weighted by Crippen LogP contribution is -1.98. The van der Waals surface area contributed by atoms with Crippen molar-refractivity contribution >= 4 is 43.6 Å². The van der Waals surface area contributed by atoms with E-state index in [2.05, 4.69) is 204 Å². The molecule has 0 aliphatic heterocycles. The van der Waals surface area contributed by atoms with Crippen molar-refractivity contribution in [2.45, 2.75) is 26.2 Å². The first kappa shape index (κ1) is 32.0. The van der Waals surface area contributed by atoms with Crippen LogP contribution in [-0.2, 0) is 6.42 Å². The van der Waals surface area contributed by atoms with Crippen molar-refractivity contribution in [2.24, 2.45) is 0 Å². The van der Waals surface area contributed by atoms with E-state index in [0.717, 1.165) is 12.1 Å². The van der Waals surface area contributed by atoms with E-state index in [1.165, 1.54) is 101 Å². The minimum atomic E-state index is 1.14. The third-order valence-corrected chi connectivity index (χ3v) is 11.1. The summed E-state index contributed by atoms with van der Waals surface area (Å²) in [4.78, 5) is 0. The molecule has 0 aliphatic rings. The SMILES string of the molecule is CCCCc1ccc(-c2ccc(-c3ccccc3-n3c4ccccc4c4ccc5c(c6ccccc6n5-c5cccc(-c6ccccc6)c5)c43)cc2)cc1. The molecular weight excluding hydrogens is 653 g/mol. The van der Waals surface area contributed by atoms with Crippen LogP contribution in [0.5, 0.6) is 0 Å². The molecule has 0 aliphatic carbocycles. The minimum Gasteiger partial charge on any atom is -0.309 e. The Balaban J connectivity index is 1.18. The summed E-state index contributed by atoms with van der Waals surface area (Å²) in [5, 5.41) is 5.02. The van der Waals surface area contributed by atoms with Crippen LogP contribution >= 0.6 is 0 Å². The summed E-state index contributed by atoms with van der Waals surface area (Å²) in [5.74, 6) is 0. The van der Waals surface area contributed by atoms with E-state index in [4.69, 9.17) is 0 Å². The Kier molecular flexibility index (Phi) is 7.95. The average molecular weight is 693 g/mol. The second kappa shape index (κ2) is 13.4. The number of aryl methyl sites for hydroxylation is 1. The standard InChI is InChI=1S/C52H40N2/c1-2-3-14-36-25-27-38(28-26-36)39-29-31-40(32-30-39)43-19-7-10-22-47(43)54-48-23-11-8-20-44(48)45-33-34-50-51(52(45)54)46-21-9-12-24-49(46)53(50)42-18-13-17-41(35-42)37-15-5-4-6-16-37/h4-13,15-35H,2-3,14H2,1H3. The van der Waals surface area contributed by atoms with Gasteiger partial charge in [-0.3, -0.25) is 0 Å². The van der Waals surface area contributed by atoms with E-state index in [1.807, 2.05) is 0 Å². The van der Waals surface area contributed by atoms with Gasteiger partial charge in [0.05, 0.1) is 27.8 Å². The lowest BCUT2D eigenvalue weighted by atomic mass is 9.98. The Hall–Kier alpha value is -6.64. The van der Waals surface area contributed by atoms with E-state index in [-0.39, 0.29) is 0 Å². The maximum atomic E-state index is 2.52. The highest BCUT2D eigenvalue weighted by Crippen LogP contribution is 2.43. The van der Waals surface area contributed by atoms with Crippen molar-refractivity contribution in [1.29, 1.82) is 0 Å². The van der Waals surface area contributed by atoms with Crippen LogP contribution in [0.3, 0.4) is 0 Å². The third-order valence-electron chi connectivity index (χ3n) is 11.1. The van der Waals surface area contributed by atoms with Crippen LogP contribution in [0, 0.1) is 0 Å². The molecule has 0 unspecified atom stereocenters. The largest absolute Gasteiger partial charge is 0.309 e. The van der Waals surface area contributed by atoms with Gasteiger partial charge in [-0.15, -0.1) is 0 Å². The first-order valence-corrected chi connectivity index (χ1v) is 19.2. The number of hydrogen-bond acceptors (Lipinski definition) is 0. The number of fused-ring (bicyclic) bond motifs is 7. The maximum Gasteiger partial charge on any atom is 0.0641 e. The number of unbranched alkanes of at least 4 members (excludes halogenated alkanes) is 1. The van der Waals surface area contributed by atoms with Gasteiger partial charge in [-0.05, 0) is 82.6 Å². The van der Waals surface area contributed by atoms with E-state index in [0.29, 0.717) is 0 Å². The van der Waals surface area contributed by atoms with Gasteiger partial charge < -0.3 is 9.13 Å². The smallest absolute Gasteiger partial charge is 0.0641 e. The molecule has 0 bridgehead atoms. The quantitative estimate of drug-likeness (QED) is 0.150. The average Bonchev–Trinajstić information content (AvgIpc) is 3.76. The molecule has 0 spiro atoms. The normalized spacial score (nSPS) is 11.6. The van der Waals surface area contributed by atoms with Crippen LogP contribution < -0.4 is 0 Å². The molecule has 54 heavy (non-hydrogen) atoms. The van der Waals surface area contributed by atoms with Crippen molar-refractivity contribution in [3.8, 4) is 44.8 Å². The molecule has 258 valence electrons. The topological polar surface area (TPSA) is 9.86 Å². The Morgan fingerprint density at radius 2 is 1.02 bits per heavy atom. The first-order valence-electron chi connectivity index (χ1n) is 19.2. The predicted octanol–water partition coefficient (Wildman–Crippen LogP) is 14.2. The number of benzene rings is 8. The number of rotatable bonds is 8. The molecule has 2 nitrogen and oxygen atoms in total. The Bertz CT molecular complexity index is 2940. The van der Waals surface area contributed by atoms with Gasteiger partial charge in [-0.25, -0.2) is 0 Å². The van der Waals surface area contributed by atoms with Crippen LogP contribution in [0.1, 0.15) is 25.3 Å². The Morgan fingerprint density at radius 1 is 0.407 bits per heavy atom. The molecule has 0 N–H and O–H groups in total. The third kappa shape index (κ3) is 5.33. The molecule has 0 fully saturated rings. The van der Waals surface area contributed by atoms with E-state index >= 15 is 0 Å². The highest BCUT2D eigenvalue weighted by molar-refractivity contribution is 6.26. The van der Waals surface area contributed by atoms with Gasteiger partial charge in [0, 0.05) is 32.8 Å². The zero-order valence-corrected chi connectivity index (χ0v) is 30.4. The van der Waals surface area contributed by atoms with E-state index < -0.39 is 0 Å². The maximum absolute atomic E-state index is 2.52. The van der Waals surface area contributed by atoms with Crippen molar-refractivity contribution in [3.05, 3.63) is 194 Å². The van der Waals surface area contributed by atoms with Crippen molar-refractivity contribution < 1.29 is 0 Å². The summed E-state index contributed by atoms with van der Waals surface area (Å²) < 4.78 is 4.96. The molecule has 0 saturated heterocycles. The van der Waals surface area contributed by atoms with Crippen LogP contribution in [-0.4, -0.2) is 9.13 Å². The van der Waals surface area contributed by atoms with Gasteiger partial charge in [-0.1, -0.05) is 165 Å². The molecular formula is C52H40N2. The molecule has 2 aromatic heterocycles. The molecule has 10 aromatic rings. The number of aromatic nitrogens is 2. The number of nitrogens with zero attached hydrogens (tertiary/aromatic N) is 2. The Morgan fingerprint density at radius 3 is 1.80 bits per heavy atom. The fourth-order valence-electron chi connectivity index (χ4n) is 8.49. The molecule has 0 saturated carbocycles. The summed E-state index contributed by atoms with van der Waals surface area (Å²) in [5.41, 5.74) is 15.9. The Labute approximate surface area is 316 Å². The zero-order chi connectivity index (χ0) is 36.0. The molecule has 8 aromatic carbocycles. The van der Waals surface area contributed by atoms with Crippen molar-refractivity contribution in [2.75, 3.05) is 0 Å². The zero-order valence-electron chi connectivity index (χ0n) is 30.4. The number of hydrogen-bond donors (Lipinski definition) is 0. The summed E-state index contributed by atoms with van der Waals surface area (Å²) >= 11 is 0. The van der Waals surface area contributed by atoms with Crippen LogP contribution in [0.15, 0.2) is 188 Å². The predicted molar refractivity (Wildman–Crippen MR) is 230 cm³/mol. The molecule has 10 rings (SSSR count). The second-order valence-corrected chi connectivity index (χ2v) is 14.4. The summed E-state index contributed by atoms with van der Waals surface area (Å²) in [6.45, 7) is 2.25. The van der Waals surface area contributed by atoms with E-state index in [1.54, 1.807) is 0 Å². The molecule has 0 atom stereocenters. The summed E-state index contributed by atoms with van der Waals surface area (Å²) in [6, 6.07) is 69.1. The van der Waals surface area contributed by atoms with Crippen LogP contribution in [0.25, 0.3) is 88.4 Å². The summed E-state index contributed by atoms with van der Waals surface area (Å²) in [6.07, 6.45) is 3.59. The molecule has 2 heterocycles.